The summed E-state index contributed by atoms with van der Waals surface area (Å²) in [7, 11) is 0. The van der Waals surface area contributed by atoms with Gasteiger partial charge in [-0.2, -0.15) is 0 Å². The van der Waals surface area contributed by atoms with Crippen LogP contribution < -0.4 is 0 Å². The Bertz CT molecular complexity index is 512. The molecule has 1 aliphatic heterocycles. The van der Waals surface area contributed by atoms with Gasteiger partial charge in [-0.05, 0) is 31.9 Å². The minimum absolute atomic E-state index is 0.0823. The second kappa shape index (κ2) is 5.54. The van der Waals surface area contributed by atoms with Crippen LogP contribution in [0, 0.1) is 6.92 Å². The molecule has 1 aromatic rings. The summed E-state index contributed by atoms with van der Waals surface area (Å²) in [5.41, 5.74) is 1.11. The topological polar surface area (TPSA) is 57.6 Å². The number of hydrogen-bond acceptors (Lipinski definition) is 4. The Morgan fingerprint density at radius 1 is 1.53 bits per heavy atom. The number of carbonyl (C=O) groups excluding carboxylic acids is 1. The number of carboxylic acid groups (broad SMARTS) is 1. The first-order valence-electron chi connectivity index (χ1n) is 6.22. The van der Waals surface area contributed by atoms with E-state index in [1.54, 1.807) is 0 Å². The summed E-state index contributed by atoms with van der Waals surface area (Å²) in [6.45, 7) is 5.93. The van der Waals surface area contributed by atoms with Gasteiger partial charge in [0.2, 0.25) is 0 Å². The molecule has 1 aromatic heterocycles. The molecule has 19 heavy (non-hydrogen) atoms. The third-order valence-electron chi connectivity index (χ3n) is 3.29. The molecule has 2 rings (SSSR count). The highest BCUT2D eigenvalue weighted by Crippen LogP contribution is 2.32. The average Bonchev–Trinajstić information content (AvgIpc) is 2.91. The molecule has 0 aromatic carbocycles. The van der Waals surface area contributed by atoms with Crippen LogP contribution in [-0.4, -0.2) is 39.1 Å². The molecular weight excluding hydrogens is 282 g/mol. The first-order valence-corrected chi connectivity index (χ1v) is 8.08. The molecule has 4 nitrogen and oxygen atoms in total. The maximum absolute atomic E-state index is 12.5. The van der Waals surface area contributed by atoms with Crippen molar-refractivity contribution in [2.45, 2.75) is 38.6 Å². The van der Waals surface area contributed by atoms with Crippen molar-refractivity contribution in [3.05, 3.63) is 21.4 Å². The van der Waals surface area contributed by atoms with Crippen LogP contribution in [0.1, 0.15) is 34.0 Å². The highest BCUT2D eigenvalue weighted by molar-refractivity contribution is 8.00. The Morgan fingerprint density at radius 2 is 2.21 bits per heavy atom. The largest absolute Gasteiger partial charge is 0.480 e. The van der Waals surface area contributed by atoms with Gasteiger partial charge in [0.05, 0.1) is 10.3 Å². The van der Waals surface area contributed by atoms with Crippen molar-refractivity contribution in [1.29, 1.82) is 0 Å². The van der Waals surface area contributed by atoms with Gasteiger partial charge in [-0.25, -0.2) is 4.79 Å². The summed E-state index contributed by atoms with van der Waals surface area (Å²) in [4.78, 5) is 27.1. The zero-order valence-electron chi connectivity index (χ0n) is 11.2. The SMILES string of the molecule is CCc1sc(C(=O)N2C(C)SCC2C(=O)O)cc1C. The van der Waals surface area contributed by atoms with Crippen molar-refractivity contribution in [2.75, 3.05) is 5.75 Å². The molecule has 1 amide bonds. The van der Waals surface area contributed by atoms with E-state index >= 15 is 0 Å². The maximum Gasteiger partial charge on any atom is 0.327 e. The van der Waals surface area contributed by atoms with Gasteiger partial charge in [0.1, 0.15) is 6.04 Å². The van der Waals surface area contributed by atoms with Crippen LogP contribution in [0.2, 0.25) is 0 Å². The Kier molecular flexibility index (Phi) is 4.20. The first kappa shape index (κ1) is 14.4. The summed E-state index contributed by atoms with van der Waals surface area (Å²) in [6.07, 6.45) is 0.899. The lowest BCUT2D eigenvalue weighted by molar-refractivity contribution is -0.141. The normalized spacial score (nSPS) is 22.8. The quantitative estimate of drug-likeness (QED) is 0.932. The predicted molar refractivity (Wildman–Crippen MR) is 77.9 cm³/mol. The molecule has 0 saturated carbocycles. The van der Waals surface area contributed by atoms with Gasteiger partial charge in [-0.1, -0.05) is 6.92 Å². The van der Waals surface area contributed by atoms with E-state index in [1.165, 1.54) is 32.9 Å². The number of aliphatic carboxylic acids is 1. The lowest BCUT2D eigenvalue weighted by atomic mass is 10.2. The molecule has 2 heterocycles. The standard InChI is InChI=1S/C13H17NO3S2/c1-4-10-7(2)5-11(19-10)12(15)14-8(3)18-6-9(14)13(16)17/h5,8-9H,4,6H2,1-3H3,(H,16,17). The first-order chi connectivity index (χ1) is 8.95. The van der Waals surface area contributed by atoms with Crippen LogP contribution in [0.15, 0.2) is 6.07 Å². The number of amides is 1. The van der Waals surface area contributed by atoms with E-state index < -0.39 is 12.0 Å². The molecule has 0 bridgehead atoms. The minimum Gasteiger partial charge on any atom is -0.480 e. The lowest BCUT2D eigenvalue weighted by Crippen LogP contribution is -2.44. The van der Waals surface area contributed by atoms with Gasteiger partial charge < -0.3 is 10.0 Å². The molecule has 1 saturated heterocycles. The summed E-state index contributed by atoms with van der Waals surface area (Å²) >= 11 is 2.99. The molecule has 0 aliphatic carbocycles. The summed E-state index contributed by atoms with van der Waals surface area (Å²) in [5, 5.41) is 9.12. The van der Waals surface area contributed by atoms with E-state index in [-0.39, 0.29) is 11.3 Å². The van der Waals surface area contributed by atoms with E-state index in [4.69, 9.17) is 0 Å². The molecule has 6 heteroatoms. The fourth-order valence-corrected chi connectivity index (χ4v) is 4.47. The molecule has 2 atom stereocenters. The summed E-state index contributed by atoms with van der Waals surface area (Å²) in [5.74, 6) is -0.611. The van der Waals surface area contributed by atoms with Crippen LogP contribution in [-0.2, 0) is 11.2 Å². The van der Waals surface area contributed by atoms with E-state index in [0.29, 0.717) is 10.6 Å². The molecule has 104 valence electrons. The van der Waals surface area contributed by atoms with Crippen molar-refractivity contribution >= 4 is 35.0 Å². The van der Waals surface area contributed by atoms with Crippen molar-refractivity contribution < 1.29 is 14.7 Å². The predicted octanol–water partition coefficient (Wildman–Crippen LogP) is 2.61. The second-order valence-electron chi connectivity index (χ2n) is 4.57. The minimum atomic E-state index is -0.922. The third kappa shape index (κ3) is 2.65. The van der Waals surface area contributed by atoms with Gasteiger partial charge in [-0.15, -0.1) is 23.1 Å². The van der Waals surface area contributed by atoms with Crippen molar-refractivity contribution in [3.8, 4) is 0 Å². The fraction of sp³-hybridized carbons (Fsp3) is 0.538. The Morgan fingerprint density at radius 3 is 2.74 bits per heavy atom. The van der Waals surface area contributed by atoms with Crippen LogP contribution in [0.3, 0.4) is 0 Å². The highest BCUT2D eigenvalue weighted by atomic mass is 32.2. The molecule has 2 unspecified atom stereocenters. The van der Waals surface area contributed by atoms with Crippen molar-refractivity contribution in [1.82, 2.24) is 4.90 Å². The number of carbonyl (C=O) groups is 2. The van der Waals surface area contributed by atoms with Crippen molar-refractivity contribution in [2.24, 2.45) is 0 Å². The number of thiophene rings is 1. The zero-order valence-corrected chi connectivity index (χ0v) is 12.8. The monoisotopic (exact) mass is 299 g/mol. The number of aryl methyl sites for hydroxylation is 2. The van der Waals surface area contributed by atoms with E-state index in [9.17, 15) is 14.7 Å². The summed E-state index contributed by atoms with van der Waals surface area (Å²) in [6, 6.07) is 1.17. The number of nitrogens with zero attached hydrogens (tertiary/aromatic N) is 1. The molecule has 1 aliphatic rings. The second-order valence-corrected chi connectivity index (χ2v) is 7.06. The lowest BCUT2D eigenvalue weighted by Gasteiger charge is -2.24. The van der Waals surface area contributed by atoms with E-state index in [1.807, 2.05) is 19.9 Å². The van der Waals surface area contributed by atoms with Gasteiger partial charge >= 0.3 is 5.97 Å². The van der Waals surface area contributed by atoms with Gasteiger partial charge in [0.15, 0.2) is 0 Å². The number of carboxylic acids is 1. The summed E-state index contributed by atoms with van der Waals surface area (Å²) < 4.78 is 0. The number of hydrogen-bond donors (Lipinski definition) is 1. The van der Waals surface area contributed by atoms with E-state index in [0.717, 1.165) is 12.0 Å². The maximum atomic E-state index is 12.5. The zero-order chi connectivity index (χ0) is 14.2. The molecule has 1 N–H and O–H groups in total. The van der Waals surface area contributed by atoms with Crippen LogP contribution in [0.5, 0.6) is 0 Å². The third-order valence-corrected chi connectivity index (χ3v) is 5.88. The van der Waals surface area contributed by atoms with E-state index in [2.05, 4.69) is 6.92 Å². The number of thioether (sulfide) groups is 1. The van der Waals surface area contributed by atoms with Crippen LogP contribution in [0.4, 0.5) is 0 Å². The van der Waals surface area contributed by atoms with Gasteiger partial charge in [-0.3, -0.25) is 4.79 Å². The molecule has 0 radical (unpaired) electrons. The average molecular weight is 299 g/mol. The van der Waals surface area contributed by atoms with Crippen LogP contribution in [0.25, 0.3) is 0 Å². The molecular formula is C13H17NO3S2. The fourth-order valence-electron chi connectivity index (χ4n) is 2.24. The van der Waals surface area contributed by atoms with Crippen molar-refractivity contribution in [3.63, 3.8) is 0 Å². The van der Waals surface area contributed by atoms with Gasteiger partial charge in [0, 0.05) is 10.6 Å². The van der Waals surface area contributed by atoms with Crippen LogP contribution >= 0.6 is 23.1 Å². The Balaban J connectivity index is 2.28. The van der Waals surface area contributed by atoms with Gasteiger partial charge in [0.25, 0.3) is 5.91 Å². The molecule has 1 fully saturated rings. The smallest absolute Gasteiger partial charge is 0.327 e. The Hall–Kier alpha value is -1.01. The highest BCUT2D eigenvalue weighted by Gasteiger charge is 2.40. The molecule has 0 spiro atoms. The number of rotatable bonds is 3. The Labute approximate surface area is 120 Å².